The summed E-state index contributed by atoms with van der Waals surface area (Å²) >= 11 is -0.654. The summed E-state index contributed by atoms with van der Waals surface area (Å²) < 4.78 is 2.20. The Labute approximate surface area is 52.1 Å². The van der Waals surface area contributed by atoms with Crippen LogP contribution in [0.25, 0.3) is 0 Å². The summed E-state index contributed by atoms with van der Waals surface area (Å²) in [5.41, 5.74) is 0. The number of hydrogen-bond acceptors (Lipinski definition) is 1. The van der Waals surface area contributed by atoms with E-state index in [1.165, 1.54) is 0 Å². The van der Waals surface area contributed by atoms with E-state index >= 15 is 0 Å². The van der Waals surface area contributed by atoms with Crippen LogP contribution in [0.2, 0.25) is 0 Å². The van der Waals surface area contributed by atoms with Crippen LogP contribution in [0.3, 0.4) is 0 Å². The Morgan fingerprint density at radius 3 is 2.33 bits per heavy atom. The molecule has 0 unspecified atom stereocenters. The molecule has 0 amide bonds. The molecule has 0 spiro atoms. The van der Waals surface area contributed by atoms with Gasteiger partial charge in [-0.1, -0.05) is 0 Å². The molecule has 0 aromatic rings. The van der Waals surface area contributed by atoms with E-state index in [1.807, 2.05) is 0 Å². The predicted molar refractivity (Wildman–Crippen MR) is 24.2 cm³/mol. The van der Waals surface area contributed by atoms with Crippen LogP contribution in [-0.4, -0.2) is 16.9 Å². The maximum absolute atomic E-state index is 5.56. The van der Waals surface area contributed by atoms with Gasteiger partial charge in [0.2, 0.25) is 0 Å². The summed E-state index contributed by atoms with van der Waals surface area (Å²) in [6.45, 7) is 3.23. The third kappa shape index (κ3) is 3.19. The molecule has 37 valence electrons. The van der Waals surface area contributed by atoms with Gasteiger partial charge in [-0.2, -0.15) is 0 Å². The van der Waals surface area contributed by atoms with Gasteiger partial charge in [0.1, 0.15) is 0 Å². The van der Waals surface area contributed by atoms with Crippen LogP contribution in [0.5, 0.6) is 0 Å². The first-order valence-electron chi connectivity index (χ1n) is 1.84. The molecule has 1 nitrogen and oxygen atoms in total. The Morgan fingerprint density at radius 1 is 1.83 bits per heavy atom. The van der Waals surface area contributed by atoms with Gasteiger partial charge < -0.3 is 0 Å². The average molecular weight is 275 g/mol. The Morgan fingerprint density at radius 2 is 2.33 bits per heavy atom. The molecule has 0 aliphatic rings. The van der Waals surface area contributed by atoms with Crippen LogP contribution in [0, 0.1) is 0 Å². The predicted octanol–water partition coefficient (Wildman–Crippen LogP) is 1.09. The van der Waals surface area contributed by atoms with Crippen molar-refractivity contribution in [1.82, 2.24) is 3.30 Å². The SMILES string of the molecule is CC[N](C)[Ta][Cl]. The normalized spacial score (nSPS) is 9.33. The molecule has 6 heavy (non-hydrogen) atoms. The van der Waals surface area contributed by atoms with Crippen molar-refractivity contribution in [1.29, 1.82) is 0 Å². The zero-order valence-electron chi connectivity index (χ0n) is 3.98. The summed E-state index contributed by atoms with van der Waals surface area (Å²) in [4.78, 5) is 0. The summed E-state index contributed by atoms with van der Waals surface area (Å²) in [5, 5.41) is 0. The van der Waals surface area contributed by atoms with Gasteiger partial charge in [-0.3, -0.25) is 0 Å². The van der Waals surface area contributed by atoms with Crippen molar-refractivity contribution in [2.45, 2.75) is 6.92 Å². The Bertz CT molecular complexity index is 30.0. The summed E-state index contributed by atoms with van der Waals surface area (Å²) in [6, 6.07) is 0. The third-order valence-corrected chi connectivity index (χ3v) is 4.64. The van der Waals surface area contributed by atoms with E-state index < -0.39 is 18.9 Å². The van der Waals surface area contributed by atoms with Crippen molar-refractivity contribution in [3.8, 4) is 0 Å². The van der Waals surface area contributed by atoms with Gasteiger partial charge >= 0.3 is 51.9 Å². The van der Waals surface area contributed by atoms with E-state index in [2.05, 4.69) is 17.3 Å². The molecule has 0 saturated heterocycles. The summed E-state index contributed by atoms with van der Waals surface area (Å²) in [6.07, 6.45) is 0. The molecular weight excluding hydrogens is 266 g/mol. The summed E-state index contributed by atoms with van der Waals surface area (Å²) in [7, 11) is 7.62. The molecule has 0 aromatic carbocycles. The topological polar surface area (TPSA) is 3.24 Å². The van der Waals surface area contributed by atoms with Crippen molar-refractivity contribution in [3.63, 3.8) is 0 Å². The number of hydrogen-bond donors (Lipinski definition) is 0. The van der Waals surface area contributed by atoms with Crippen molar-refractivity contribution < 1.29 is 18.9 Å². The molecule has 0 heterocycles. The monoisotopic (exact) mass is 274 g/mol. The van der Waals surface area contributed by atoms with E-state index in [9.17, 15) is 0 Å². The standard InChI is InChI=1S/C3H8N.ClH.Ta/c1-3-4-2;;/h3H2,1-2H3;1H;/q-1;;+2/p-1. The first kappa shape index (κ1) is 6.99. The van der Waals surface area contributed by atoms with Crippen LogP contribution in [0.4, 0.5) is 0 Å². The third-order valence-electron chi connectivity index (χ3n) is 0.587. The molecular formula is C3H8ClNTa. The van der Waals surface area contributed by atoms with E-state index in [4.69, 9.17) is 9.19 Å². The van der Waals surface area contributed by atoms with Crippen LogP contribution in [0.1, 0.15) is 6.92 Å². The van der Waals surface area contributed by atoms with Crippen LogP contribution >= 0.6 is 9.19 Å². The van der Waals surface area contributed by atoms with Crippen molar-refractivity contribution in [2.75, 3.05) is 13.6 Å². The van der Waals surface area contributed by atoms with Crippen LogP contribution in [0.15, 0.2) is 0 Å². The molecule has 3 heteroatoms. The van der Waals surface area contributed by atoms with Gasteiger partial charge in [-0.05, 0) is 0 Å². The molecule has 0 fully saturated rings. The van der Waals surface area contributed by atoms with E-state index in [-0.39, 0.29) is 0 Å². The molecule has 0 radical (unpaired) electrons. The minimum absolute atomic E-state index is 0.654. The Balaban J connectivity index is 2.75. The van der Waals surface area contributed by atoms with E-state index in [0.717, 1.165) is 6.54 Å². The fourth-order valence-corrected chi connectivity index (χ4v) is 1.31. The molecule has 0 aliphatic carbocycles. The zero-order chi connectivity index (χ0) is 4.99. The molecule has 0 rings (SSSR count). The second-order valence-corrected chi connectivity index (χ2v) is 5.28. The summed E-state index contributed by atoms with van der Waals surface area (Å²) in [5.74, 6) is 0. The van der Waals surface area contributed by atoms with E-state index in [0.29, 0.717) is 0 Å². The molecule has 0 bridgehead atoms. The van der Waals surface area contributed by atoms with Crippen LogP contribution in [-0.2, 0) is 18.9 Å². The van der Waals surface area contributed by atoms with Gasteiger partial charge in [0, 0.05) is 0 Å². The van der Waals surface area contributed by atoms with Crippen LogP contribution < -0.4 is 0 Å². The number of nitrogens with zero attached hydrogens (tertiary/aromatic N) is 1. The number of rotatable bonds is 2. The van der Waals surface area contributed by atoms with Gasteiger partial charge in [0.05, 0.1) is 0 Å². The zero-order valence-corrected chi connectivity index (χ0v) is 7.95. The molecule has 0 aliphatic heterocycles. The second-order valence-electron chi connectivity index (χ2n) is 1.05. The van der Waals surface area contributed by atoms with Crippen molar-refractivity contribution >= 4 is 9.19 Å². The van der Waals surface area contributed by atoms with Crippen molar-refractivity contribution in [2.24, 2.45) is 0 Å². The van der Waals surface area contributed by atoms with Gasteiger partial charge in [0.25, 0.3) is 0 Å². The Hall–Kier alpha value is 0.990. The second kappa shape index (κ2) is 4.16. The average Bonchev–Trinajstić information content (AvgIpc) is 1.65. The Kier molecular flexibility index (Phi) is 4.84. The molecule has 0 saturated carbocycles. The fraction of sp³-hybridized carbons (Fsp3) is 1.00. The van der Waals surface area contributed by atoms with Gasteiger partial charge in [-0.25, -0.2) is 0 Å². The quantitative estimate of drug-likeness (QED) is 0.729. The first-order valence-corrected chi connectivity index (χ1v) is 7.26. The first-order chi connectivity index (χ1) is 2.81. The molecule has 0 aromatic heterocycles. The minimum atomic E-state index is -0.654. The van der Waals surface area contributed by atoms with Gasteiger partial charge in [0.15, 0.2) is 0 Å². The van der Waals surface area contributed by atoms with Gasteiger partial charge in [-0.15, -0.1) is 0 Å². The maximum atomic E-state index is 5.56. The van der Waals surface area contributed by atoms with E-state index in [1.54, 1.807) is 0 Å². The fourth-order valence-electron chi connectivity index (χ4n) is 0.0535. The van der Waals surface area contributed by atoms with Crippen molar-refractivity contribution in [3.05, 3.63) is 0 Å². The molecule has 0 N–H and O–H groups in total. The molecule has 0 atom stereocenters. The number of halogens is 1.